The third-order valence-electron chi connectivity index (χ3n) is 5.45. The quantitative estimate of drug-likeness (QED) is 0.701. The fraction of sp³-hybridized carbons (Fsp3) is 0.389. The lowest BCUT2D eigenvalue weighted by Crippen LogP contribution is -2.24. The Labute approximate surface area is 144 Å². The Bertz CT molecular complexity index is 944. The molecule has 5 nitrogen and oxygen atoms in total. The highest BCUT2D eigenvalue weighted by molar-refractivity contribution is 6.30. The van der Waals surface area contributed by atoms with E-state index in [-0.39, 0.29) is 0 Å². The van der Waals surface area contributed by atoms with Crippen molar-refractivity contribution in [2.75, 3.05) is 7.11 Å². The van der Waals surface area contributed by atoms with Crippen LogP contribution in [0.5, 0.6) is 5.75 Å². The third-order valence-corrected chi connectivity index (χ3v) is 5.73. The molecule has 0 atom stereocenters. The van der Waals surface area contributed by atoms with Gasteiger partial charge in [0.1, 0.15) is 5.75 Å². The maximum atomic E-state index is 6.58. The van der Waals surface area contributed by atoms with Gasteiger partial charge in [-0.05, 0) is 49.7 Å². The van der Waals surface area contributed by atoms with Gasteiger partial charge in [-0.1, -0.05) is 23.7 Å². The molecule has 24 heavy (non-hydrogen) atoms. The van der Waals surface area contributed by atoms with E-state index in [2.05, 4.69) is 15.3 Å². The molecule has 1 aromatic carbocycles. The van der Waals surface area contributed by atoms with Crippen molar-refractivity contribution >= 4 is 17.2 Å². The van der Waals surface area contributed by atoms with Gasteiger partial charge in [-0.25, -0.2) is 0 Å². The van der Waals surface area contributed by atoms with E-state index >= 15 is 0 Å². The minimum atomic E-state index is 0.534. The molecule has 122 valence electrons. The Balaban J connectivity index is 1.76. The number of rotatable bonds is 2. The van der Waals surface area contributed by atoms with Gasteiger partial charge < -0.3 is 4.74 Å². The number of methoxy groups -OCH3 is 1. The van der Waals surface area contributed by atoms with Crippen molar-refractivity contribution < 1.29 is 4.74 Å². The van der Waals surface area contributed by atoms with E-state index < -0.39 is 0 Å². The van der Waals surface area contributed by atoms with Gasteiger partial charge in [0, 0.05) is 16.7 Å². The highest BCUT2D eigenvalue weighted by Crippen LogP contribution is 2.52. The zero-order chi connectivity index (χ0) is 16.3. The maximum absolute atomic E-state index is 6.58. The molecule has 0 amide bonds. The number of ether oxygens (including phenoxy) is 1. The second-order valence-electron chi connectivity index (χ2n) is 6.66. The van der Waals surface area contributed by atoms with Crippen molar-refractivity contribution in [3.8, 4) is 17.1 Å². The number of fused-ring (bicyclic) bond motifs is 3. The fourth-order valence-corrected chi connectivity index (χ4v) is 4.65. The standard InChI is InChI=1S/C18H17ClN4O/c1-24-13-4-2-3-12(9-13)17-20-21-18-15-11-7-5-10(6-8-11)14(15)16(19)22-23(17)18/h2-4,9-11H,5-8H2,1H3. The molecule has 0 N–H and O–H groups in total. The Kier molecular flexibility index (Phi) is 3.07. The molecule has 2 aromatic heterocycles. The predicted octanol–water partition coefficient (Wildman–Crippen LogP) is 4.21. The summed E-state index contributed by atoms with van der Waals surface area (Å²) in [7, 11) is 1.66. The van der Waals surface area contributed by atoms with Crippen molar-refractivity contribution in [1.82, 2.24) is 19.8 Å². The lowest BCUT2D eigenvalue weighted by molar-refractivity contribution is 0.358. The Morgan fingerprint density at radius 3 is 2.58 bits per heavy atom. The van der Waals surface area contributed by atoms with Crippen LogP contribution in [0, 0.1) is 0 Å². The molecule has 0 aliphatic heterocycles. The SMILES string of the molecule is COc1cccc(-c2nnc3c4c(c(Cl)nn23)C2CCC4CC2)c1. The van der Waals surface area contributed by atoms with E-state index in [4.69, 9.17) is 16.3 Å². The lowest BCUT2D eigenvalue weighted by atomic mass is 9.68. The van der Waals surface area contributed by atoms with Crippen LogP contribution in [0.3, 0.4) is 0 Å². The summed E-state index contributed by atoms with van der Waals surface area (Å²) in [6.07, 6.45) is 4.86. The molecule has 0 spiro atoms. The molecule has 3 aliphatic rings. The Morgan fingerprint density at radius 2 is 1.83 bits per heavy atom. The van der Waals surface area contributed by atoms with Gasteiger partial charge in [0.05, 0.1) is 7.11 Å². The molecule has 3 aromatic rings. The van der Waals surface area contributed by atoms with Crippen LogP contribution >= 0.6 is 11.6 Å². The lowest BCUT2D eigenvalue weighted by Gasteiger charge is -2.38. The fourth-order valence-electron chi connectivity index (χ4n) is 4.32. The van der Waals surface area contributed by atoms with E-state index in [0.29, 0.717) is 22.8 Å². The first-order valence-corrected chi connectivity index (χ1v) is 8.73. The molecule has 0 radical (unpaired) electrons. The van der Waals surface area contributed by atoms with E-state index in [1.165, 1.54) is 36.8 Å². The number of halogens is 1. The molecular formula is C18H17ClN4O. The maximum Gasteiger partial charge on any atom is 0.185 e. The molecule has 1 saturated carbocycles. The van der Waals surface area contributed by atoms with Crippen molar-refractivity contribution in [2.24, 2.45) is 0 Å². The van der Waals surface area contributed by atoms with E-state index in [1.807, 2.05) is 24.3 Å². The van der Waals surface area contributed by atoms with Gasteiger partial charge in [-0.2, -0.15) is 9.61 Å². The number of nitrogens with zero attached hydrogens (tertiary/aromatic N) is 4. The van der Waals surface area contributed by atoms with Gasteiger partial charge in [-0.3, -0.25) is 0 Å². The van der Waals surface area contributed by atoms with Gasteiger partial charge in [0.25, 0.3) is 0 Å². The van der Waals surface area contributed by atoms with Crippen LogP contribution in [0.1, 0.15) is 48.6 Å². The van der Waals surface area contributed by atoms with Gasteiger partial charge >= 0.3 is 0 Å². The molecule has 1 fully saturated rings. The van der Waals surface area contributed by atoms with Crippen LogP contribution in [-0.4, -0.2) is 26.9 Å². The molecule has 6 heteroatoms. The van der Waals surface area contributed by atoms with Gasteiger partial charge in [0.15, 0.2) is 16.6 Å². The largest absolute Gasteiger partial charge is 0.497 e. The monoisotopic (exact) mass is 340 g/mol. The minimum Gasteiger partial charge on any atom is -0.497 e. The molecule has 2 bridgehead atoms. The predicted molar refractivity (Wildman–Crippen MR) is 91.7 cm³/mol. The zero-order valence-electron chi connectivity index (χ0n) is 13.4. The van der Waals surface area contributed by atoms with Gasteiger partial charge in [-0.15, -0.1) is 10.2 Å². The first kappa shape index (κ1) is 14.2. The van der Waals surface area contributed by atoms with E-state index in [0.717, 1.165) is 17.0 Å². The molecule has 6 rings (SSSR count). The Morgan fingerprint density at radius 1 is 1.08 bits per heavy atom. The third kappa shape index (κ3) is 1.91. The highest BCUT2D eigenvalue weighted by atomic mass is 35.5. The summed E-state index contributed by atoms with van der Waals surface area (Å²) in [6, 6.07) is 7.78. The summed E-state index contributed by atoms with van der Waals surface area (Å²) >= 11 is 6.58. The van der Waals surface area contributed by atoms with E-state index in [9.17, 15) is 0 Å². The summed E-state index contributed by atoms with van der Waals surface area (Å²) in [5.74, 6) is 2.56. The normalized spacial score (nSPS) is 21.9. The van der Waals surface area contributed by atoms with Crippen molar-refractivity contribution in [1.29, 1.82) is 0 Å². The van der Waals surface area contributed by atoms with Crippen LogP contribution in [-0.2, 0) is 0 Å². The van der Waals surface area contributed by atoms with E-state index in [1.54, 1.807) is 11.6 Å². The molecular weight excluding hydrogens is 324 g/mol. The summed E-state index contributed by atoms with van der Waals surface area (Å²) in [5.41, 5.74) is 4.28. The second-order valence-corrected chi connectivity index (χ2v) is 7.02. The summed E-state index contributed by atoms with van der Waals surface area (Å²) in [5, 5.41) is 14.1. The number of aromatic nitrogens is 4. The zero-order valence-corrected chi connectivity index (χ0v) is 14.1. The summed E-state index contributed by atoms with van der Waals surface area (Å²) in [4.78, 5) is 0. The van der Waals surface area contributed by atoms with Crippen LogP contribution < -0.4 is 4.74 Å². The molecule has 0 unspecified atom stereocenters. The molecule has 2 heterocycles. The smallest absolute Gasteiger partial charge is 0.185 e. The second kappa shape index (κ2) is 5.18. The number of hydrogen-bond donors (Lipinski definition) is 0. The first-order chi connectivity index (χ1) is 11.8. The van der Waals surface area contributed by atoms with Gasteiger partial charge in [0.2, 0.25) is 0 Å². The highest BCUT2D eigenvalue weighted by Gasteiger charge is 2.38. The topological polar surface area (TPSA) is 52.3 Å². The Hall–Kier alpha value is -2.14. The summed E-state index contributed by atoms with van der Waals surface area (Å²) < 4.78 is 7.12. The average molecular weight is 341 g/mol. The molecule has 3 aliphatic carbocycles. The van der Waals surface area contributed by atoms with Crippen LogP contribution in [0.15, 0.2) is 24.3 Å². The number of hydrogen-bond acceptors (Lipinski definition) is 4. The van der Waals surface area contributed by atoms with Crippen molar-refractivity contribution in [3.63, 3.8) is 0 Å². The first-order valence-electron chi connectivity index (χ1n) is 8.35. The minimum absolute atomic E-state index is 0.534. The van der Waals surface area contributed by atoms with Crippen LogP contribution in [0.25, 0.3) is 17.0 Å². The summed E-state index contributed by atoms with van der Waals surface area (Å²) in [6.45, 7) is 0. The van der Waals surface area contributed by atoms with Crippen molar-refractivity contribution in [3.05, 3.63) is 40.5 Å². The van der Waals surface area contributed by atoms with Crippen LogP contribution in [0.2, 0.25) is 5.15 Å². The average Bonchev–Trinajstić information content (AvgIpc) is 3.06. The molecule has 0 saturated heterocycles. The van der Waals surface area contributed by atoms with Crippen molar-refractivity contribution in [2.45, 2.75) is 37.5 Å². The number of benzene rings is 1. The van der Waals surface area contributed by atoms with Crippen LogP contribution in [0.4, 0.5) is 0 Å².